The van der Waals surface area contributed by atoms with Crippen LogP contribution >= 0.6 is 15.9 Å². The third kappa shape index (κ3) is 15.4. The first-order valence-electron chi connectivity index (χ1n) is 23.0. The minimum Gasteiger partial charge on any atom is -0.409 e. The van der Waals surface area contributed by atoms with E-state index in [0.717, 1.165) is 63.6 Å². The number of piperazine rings is 1. The van der Waals surface area contributed by atoms with Crippen LogP contribution in [0.1, 0.15) is 61.1 Å². The number of alkyl halides is 1. The molecule has 0 unspecified atom stereocenters. The lowest BCUT2D eigenvalue weighted by atomic mass is 10.0. The predicted molar refractivity (Wildman–Crippen MR) is 266 cm³/mol. The Labute approximate surface area is 406 Å². The summed E-state index contributed by atoms with van der Waals surface area (Å²) in [5.74, 6) is 2.03. The number of rotatable bonds is 22. The smallest absolute Gasteiger partial charge is 0.409 e. The van der Waals surface area contributed by atoms with E-state index in [-0.39, 0.29) is 30.7 Å². The Kier molecular flexibility index (Phi) is 22.4. The number of hydrogen-bond donors (Lipinski definition) is 4. The van der Waals surface area contributed by atoms with E-state index < -0.39 is 6.09 Å². The first kappa shape index (κ1) is 53.3. The highest BCUT2D eigenvalue weighted by atomic mass is 79.9. The van der Waals surface area contributed by atoms with Crippen LogP contribution in [0.2, 0.25) is 0 Å². The van der Waals surface area contributed by atoms with E-state index >= 15 is 0 Å². The van der Waals surface area contributed by atoms with Gasteiger partial charge in [-0.1, -0.05) is 59.8 Å². The second kappa shape index (κ2) is 28.6. The summed E-state index contributed by atoms with van der Waals surface area (Å²) in [6, 6.07) is 17.1. The normalized spacial score (nSPS) is 14.6. The molecule has 5 amide bonds. The number of likely N-dealkylation sites (tertiary alicyclic amines) is 1. The molecule has 1 aromatic heterocycles. The van der Waals surface area contributed by atoms with Crippen molar-refractivity contribution in [2.75, 3.05) is 109 Å². The molecule has 0 saturated carbocycles. The number of allylic oxidation sites excluding steroid dienone is 1. The lowest BCUT2D eigenvalue weighted by Gasteiger charge is -2.27. The van der Waals surface area contributed by atoms with Crippen LogP contribution in [-0.4, -0.2) is 155 Å². The molecule has 4 aromatic rings. The van der Waals surface area contributed by atoms with Crippen LogP contribution in [0.15, 0.2) is 72.0 Å². The average molecular weight is 1010 g/mol. The Morgan fingerprint density at radius 3 is 2.19 bits per heavy atom. The topological polar surface area (TPSA) is 205 Å². The molecule has 4 N–H and O–H groups in total. The van der Waals surface area contributed by atoms with Crippen LogP contribution in [-0.2, 0) is 39.8 Å². The van der Waals surface area contributed by atoms with E-state index in [1.165, 1.54) is 0 Å². The molecule has 0 spiro atoms. The summed E-state index contributed by atoms with van der Waals surface area (Å²) in [6.07, 6.45) is 3.59. The van der Waals surface area contributed by atoms with Gasteiger partial charge in [-0.15, -0.1) is 0 Å². The van der Waals surface area contributed by atoms with Crippen molar-refractivity contribution in [2.45, 2.75) is 46.0 Å². The lowest BCUT2D eigenvalue weighted by Crippen LogP contribution is -2.47. The van der Waals surface area contributed by atoms with Crippen molar-refractivity contribution >= 4 is 79.2 Å². The average Bonchev–Trinajstić information content (AvgIpc) is 4.09. The number of hydrazone groups is 1. The van der Waals surface area contributed by atoms with Crippen LogP contribution in [0.4, 0.5) is 10.5 Å². The fourth-order valence-electron chi connectivity index (χ4n) is 7.74. The van der Waals surface area contributed by atoms with Crippen molar-refractivity contribution in [3.05, 3.63) is 83.7 Å². The van der Waals surface area contributed by atoms with Gasteiger partial charge in [-0.25, -0.2) is 10.2 Å². The zero-order valence-corrected chi connectivity index (χ0v) is 41.0. The molecule has 68 heavy (non-hydrogen) atoms. The molecular formula is C49H65BrN8O10. The number of aromatic amines is 1. The molecule has 19 heteroatoms. The lowest BCUT2D eigenvalue weighted by molar-refractivity contribution is -0.126. The van der Waals surface area contributed by atoms with Crippen LogP contribution < -0.4 is 25.7 Å². The molecule has 3 aliphatic rings. The maximum absolute atomic E-state index is 14.0. The third-order valence-corrected chi connectivity index (χ3v) is 11.2. The van der Waals surface area contributed by atoms with E-state index in [9.17, 15) is 24.0 Å². The number of hydrogen-bond acceptors (Lipinski definition) is 12. The van der Waals surface area contributed by atoms with Crippen molar-refractivity contribution in [3.8, 4) is 5.75 Å². The van der Waals surface area contributed by atoms with Gasteiger partial charge in [-0.3, -0.25) is 19.2 Å². The van der Waals surface area contributed by atoms with Crippen molar-refractivity contribution in [1.82, 2.24) is 30.8 Å². The Bertz CT molecular complexity index is 2330. The van der Waals surface area contributed by atoms with Gasteiger partial charge >= 0.3 is 6.09 Å². The van der Waals surface area contributed by atoms with E-state index in [4.69, 9.17) is 23.7 Å². The Hall–Kier alpha value is -5.70. The monoisotopic (exact) mass is 1000 g/mol. The summed E-state index contributed by atoms with van der Waals surface area (Å²) >= 11 is 2.94. The highest BCUT2D eigenvalue weighted by Crippen LogP contribution is 2.41. The number of halogens is 1. The van der Waals surface area contributed by atoms with Gasteiger partial charge in [0.05, 0.1) is 70.7 Å². The van der Waals surface area contributed by atoms with Crippen LogP contribution in [0, 0.1) is 0 Å². The number of carbonyl (C=O) groups excluding carboxylic acids is 5. The quantitative estimate of drug-likeness (QED) is 0.0254. The molecule has 2 fully saturated rings. The molecule has 0 radical (unpaired) electrons. The summed E-state index contributed by atoms with van der Waals surface area (Å²) in [5, 5.41) is 12.7. The SMILES string of the molecule is C/C(=N\NC(=O)CCOCCOCCOCCOCCNC=O)c1ccc2[nH]c(C(=O)N3CCc4c3cc(OC(=O)N3CCNCC3)c3ccccc43)cc2c1.C=C1CCC(=O)N1CCC.CBr. The standard InChI is InChI=1S/C40H49N7O9.C8H13NO.CH3Br/c1-28(44-45-38(49)9-16-52-18-20-54-22-23-55-21-19-53-17-12-42-27-48)29-6-7-34-30(24-29)25-35(43-34)39(50)47-13-8-32-31-4-2-3-5-33(31)37(26-36(32)47)56-40(51)46-14-10-41-11-15-46;1-3-6-9-7(2)4-5-8(9)10;1-2/h2-7,24-27,41,43H,8-23H2,1H3,(H,42,48)(H,45,49);2-6H2,1H3;1H3/b44-28+;;. The van der Waals surface area contributed by atoms with Gasteiger partial charge in [0.2, 0.25) is 18.2 Å². The molecule has 7 rings (SSSR count). The molecule has 3 aliphatic heterocycles. The van der Waals surface area contributed by atoms with Gasteiger partial charge in [0.15, 0.2) is 0 Å². The van der Waals surface area contributed by atoms with Gasteiger partial charge in [-0.2, -0.15) is 5.10 Å². The maximum atomic E-state index is 14.0. The number of amides is 5. The number of carbonyl (C=O) groups is 5. The van der Waals surface area contributed by atoms with Gasteiger partial charge in [0, 0.05) is 80.3 Å². The van der Waals surface area contributed by atoms with Crippen LogP contribution in [0.3, 0.4) is 0 Å². The Morgan fingerprint density at radius 2 is 1.53 bits per heavy atom. The largest absolute Gasteiger partial charge is 0.415 e. The molecular weight excluding hydrogens is 940 g/mol. The molecule has 2 saturated heterocycles. The van der Waals surface area contributed by atoms with E-state index in [1.807, 2.05) is 60.4 Å². The van der Waals surface area contributed by atoms with Crippen molar-refractivity contribution < 1.29 is 47.7 Å². The molecule has 0 aliphatic carbocycles. The van der Waals surface area contributed by atoms with E-state index in [2.05, 4.69) is 55.6 Å². The van der Waals surface area contributed by atoms with Gasteiger partial charge in [0.25, 0.3) is 5.91 Å². The summed E-state index contributed by atoms with van der Waals surface area (Å²) in [7, 11) is 0. The van der Waals surface area contributed by atoms with Gasteiger partial charge in [-0.05, 0) is 66.7 Å². The van der Waals surface area contributed by atoms with E-state index in [1.54, 1.807) is 21.6 Å². The predicted octanol–water partition coefficient (Wildman–Crippen LogP) is 5.51. The fraction of sp³-hybridized carbons (Fsp3) is 0.469. The first-order chi connectivity index (χ1) is 33.2. The molecule has 368 valence electrons. The minimum atomic E-state index is -0.399. The summed E-state index contributed by atoms with van der Waals surface area (Å²) in [4.78, 5) is 69.1. The number of ether oxygens (including phenoxy) is 5. The zero-order chi connectivity index (χ0) is 48.7. The molecule has 0 atom stereocenters. The fourth-order valence-corrected chi connectivity index (χ4v) is 7.74. The third-order valence-electron chi connectivity index (χ3n) is 11.2. The minimum absolute atomic E-state index is 0.139. The Morgan fingerprint density at radius 1 is 0.853 bits per heavy atom. The summed E-state index contributed by atoms with van der Waals surface area (Å²) < 4.78 is 27.6. The van der Waals surface area contributed by atoms with Crippen LogP contribution in [0.5, 0.6) is 5.75 Å². The number of benzene rings is 3. The zero-order valence-electron chi connectivity index (χ0n) is 39.4. The molecule has 18 nitrogen and oxygen atoms in total. The first-order valence-corrected chi connectivity index (χ1v) is 24.6. The number of aromatic nitrogens is 1. The second-order valence-electron chi connectivity index (χ2n) is 15.8. The number of fused-ring (bicyclic) bond motifs is 4. The highest BCUT2D eigenvalue weighted by molar-refractivity contribution is 9.08. The van der Waals surface area contributed by atoms with Crippen molar-refractivity contribution in [3.63, 3.8) is 0 Å². The second-order valence-corrected chi connectivity index (χ2v) is 15.8. The number of nitrogens with zero attached hydrogens (tertiary/aromatic N) is 4. The molecule has 4 heterocycles. The van der Waals surface area contributed by atoms with Gasteiger partial charge < -0.3 is 54.0 Å². The number of anilines is 1. The molecule has 0 bridgehead atoms. The summed E-state index contributed by atoms with van der Waals surface area (Å²) in [5.41, 5.74) is 7.97. The molecule has 3 aromatic carbocycles. The summed E-state index contributed by atoms with van der Waals surface area (Å²) in [6.45, 7) is 15.2. The van der Waals surface area contributed by atoms with Gasteiger partial charge in [0.1, 0.15) is 11.4 Å². The van der Waals surface area contributed by atoms with Crippen molar-refractivity contribution in [1.29, 1.82) is 0 Å². The van der Waals surface area contributed by atoms with Crippen molar-refractivity contribution in [2.24, 2.45) is 5.10 Å². The number of nitrogens with one attached hydrogen (secondary N) is 4. The maximum Gasteiger partial charge on any atom is 0.415 e. The number of H-pyrrole nitrogens is 1. The van der Waals surface area contributed by atoms with E-state index in [0.29, 0.717) is 122 Å². The van der Waals surface area contributed by atoms with Crippen LogP contribution in [0.25, 0.3) is 21.7 Å². The Balaban J connectivity index is 0.000000633. The highest BCUT2D eigenvalue weighted by Gasteiger charge is 2.31.